The molecule has 0 spiro atoms. The number of nitrogens with one attached hydrogen (secondary N) is 2. The fourth-order valence-electron chi connectivity index (χ4n) is 1.44. The molecule has 19 heavy (non-hydrogen) atoms. The van der Waals surface area contributed by atoms with E-state index < -0.39 is 0 Å². The quantitative estimate of drug-likeness (QED) is 0.654. The molecule has 0 aliphatic rings. The lowest BCUT2D eigenvalue weighted by Gasteiger charge is -2.02. The van der Waals surface area contributed by atoms with Crippen LogP contribution < -0.4 is 11.0 Å². The Kier molecular flexibility index (Phi) is 3.70. The van der Waals surface area contributed by atoms with Crippen molar-refractivity contribution in [3.8, 4) is 0 Å². The number of aromatic nitrogens is 2. The molecule has 0 unspecified atom stereocenters. The summed E-state index contributed by atoms with van der Waals surface area (Å²) in [4.78, 5) is 18.1. The van der Waals surface area contributed by atoms with Crippen LogP contribution in [-0.4, -0.2) is 16.2 Å². The first-order valence-corrected chi connectivity index (χ1v) is 5.69. The maximum atomic E-state index is 13.3. The summed E-state index contributed by atoms with van der Waals surface area (Å²) in [5.74, 6) is -0.143. The number of anilines is 1. The van der Waals surface area contributed by atoms with Gasteiger partial charge in [0.25, 0.3) is 5.56 Å². The number of hydrazone groups is 1. The van der Waals surface area contributed by atoms with Crippen LogP contribution in [0.4, 0.5) is 10.3 Å². The maximum Gasteiger partial charge on any atom is 0.255 e. The second-order valence-corrected chi connectivity index (χ2v) is 4.02. The zero-order valence-corrected chi connectivity index (χ0v) is 10.6. The van der Waals surface area contributed by atoms with Crippen molar-refractivity contribution in [2.24, 2.45) is 5.10 Å². The Morgan fingerprint density at radius 3 is 2.79 bits per heavy atom. The second kappa shape index (κ2) is 5.43. The SMILES string of the molecule is Cc1nc(N/N=C\c2ccccc2F)[nH]c(=O)c1C. The first kappa shape index (κ1) is 12.9. The van der Waals surface area contributed by atoms with E-state index in [4.69, 9.17) is 0 Å². The molecule has 0 aliphatic carbocycles. The Morgan fingerprint density at radius 1 is 1.37 bits per heavy atom. The largest absolute Gasteiger partial charge is 0.291 e. The minimum absolute atomic E-state index is 0.223. The van der Waals surface area contributed by atoms with E-state index in [1.807, 2.05) is 0 Å². The molecule has 1 heterocycles. The summed E-state index contributed by atoms with van der Waals surface area (Å²) in [5, 5.41) is 3.84. The van der Waals surface area contributed by atoms with Gasteiger partial charge in [0.15, 0.2) is 0 Å². The van der Waals surface area contributed by atoms with Gasteiger partial charge in [0, 0.05) is 16.8 Å². The number of H-pyrrole nitrogens is 1. The Balaban J connectivity index is 2.15. The van der Waals surface area contributed by atoms with Crippen molar-refractivity contribution < 1.29 is 4.39 Å². The standard InChI is InChI=1S/C13H13FN4O/c1-8-9(2)16-13(17-12(8)19)18-15-7-10-5-3-4-6-11(10)14/h3-7H,1-2H3,(H2,16,17,18,19)/b15-7-. The lowest BCUT2D eigenvalue weighted by molar-refractivity contribution is 0.626. The second-order valence-electron chi connectivity index (χ2n) is 4.02. The molecule has 0 aliphatic heterocycles. The number of nitrogens with zero attached hydrogens (tertiary/aromatic N) is 2. The predicted molar refractivity (Wildman–Crippen MR) is 71.9 cm³/mol. The van der Waals surface area contributed by atoms with E-state index in [0.29, 0.717) is 16.8 Å². The van der Waals surface area contributed by atoms with Crippen molar-refractivity contribution >= 4 is 12.2 Å². The van der Waals surface area contributed by atoms with Crippen LogP contribution in [0.3, 0.4) is 0 Å². The highest BCUT2D eigenvalue weighted by Gasteiger charge is 2.02. The number of halogens is 1. The topological polar surface area (TPSA) is 70.1 Å². The van der Waals surface area contributed by atoms with Gasteiger partial charge in [-0.2, -0.15) is 5.10 Å². The van der Waals surface area contributed by atoms with Crippen molar-refractivity contribution in [3.63, 3.8) is 0 Å². The smallest absolute Gasteiger partial charge is 0.255 e. The molecule has 2 N–H and O–H groups in total. The Morgan fingerprint density at radius 2 is 2.11 bits per heavy atom. The van der Waals surface area contributed by atoms with Crippen LogP contribution in [-0.2, 0) is 0 Å². The van der Waals surface area contributed by atoms with Crippen LogP contribution in [0, 0.1) is 19.7 Å². The molecule has 0 amide bonds. The lowest BCUT2D eigenvalue weighted by Crippen LogP contribution is -2.15. The molecule has 0 fully saturated rings. The third kappa shape index (κ3) is 3.04. The summed E-state index contributed by atoms with van der Waals surface area (Å²) in [6.07, 6.45) is 1.32. The van der Waals surface area contributed by atoms with Gasteiger partial charge >= 0.3 is 0 Å². The minimum atomic E-state index is -0.366. The number of aryl methyl sites for hydroxylation is 1. The van der Waals surface area contributed by atoms with Crippen LogP contribution in [0.5, 0.6) is 0 Å². The van der Waals surface area contributed by atoms with E-state index in [0.717, 1.165) is 0 Å². The molecule has 2 aromatic rings. The number of aromatic amines is 1. The zero-order valence-electron chi connectivity index (χ0n) is 10.6. The highest BCUT2D eigenvalue weighted by molar-refractivity contribution is 5.80. The monoisotopic (exact) mass is 260 g/mol. The number of benzene rings is 1. The van der Waals surface area contributed by atoms with Gasteiger partial charge in [-0.1, -0.05) is 18.2 Å². The van der Waals surface area contributed by atoms with Gasteiger partial charge in [0.1, 0.15) is 5.82 Å². The van der Waals surface area contributed by atoms with E-state index >= 15 is 0 Å². The lowest BCUT2D eigenvalue weighted by atomic mass is 10.2. The molecule has 5 nitrogen and oxygen atoms in total. The average Bonchev–Trinajstić information content (AvgIpc) is 2.38. The van der Waals surface area contributed by atoms with Crippen LogP contribution in [0.2, 0.25) is 0 Å². The van der Waals surface area contributed by atoms with Crippen LogP contribution in [0.1, 0.15) is 16.8 Å². The summed E-state index contributed by atoms with van der Waals surface area (Å²) in [7, 11) is 0. The van der Waals surface area contributed by atoms with Gasteiger partial charge in [0.05, 0.1) is 6.21 Å². The number of rotatable bonds is 3. The van der Waals surface area contributed by atoms with Crippen LogP contribution in [0.15, 0.2) is 34.2 Å². The van der Waals surface area contributed by atoms with Gasteiger partial charge < -0.3 is 0 Å². The summed E-state index contributed by atoms with van der Waals surface area (Å²) in [6, 6.07) is 6.25. The molecule has 0 radical (unpaired) electrons. The first-order chi connectivity index (χ1) is 9.08. The molecule has 0 saturated carbocycles. The molecule has 1 aromatic heterocycles. The normalized spacial score (nSPS) is 10.9. The molecular weight excluding hydrogens is 247 g/mol. The average molecular weight is 260 g/mol. The van der Waals surface area contributed by atoms with Gasteiger partial charge in [0.2, 0.25) is 5.95 Å². The maximum absolute atomic E-state index is 13.3. The van der Waals surface area contributed by atoms with Gasteiger partial charge in [-0.3, -0.25) is 9.78 Å². The summed E-state index contributed by atoms with van der Waals surface area (Å²) >= 11 is 0. The van der Waals surface area contributed by atoms with E-state index in [1.165, 1.54) is 12.3 Å². The van der Waals surface area contributed by atoms with Gasteiger partial charge in [-0.15, -0.1) is 0 Å². The van der Waals surface area contributed by atoms with Crippen molar-refractivity contribution in [2.75, 3.05) is 5.43 Å². The van der Waals surface area contributed by atoms with Crippen LogP contribution >= 0.6 is 0 Å². The van der Waals surface area contributed by atoms with Crippen molar-refractivity contribution in [1.82, 2.24) is 9.97 Å². The molecule has 98 valence electrons. The van der Waals surface area contributed by atoms with E-state index in [-0.39, 0.29) is 17.3 Å². The van der Waals surface area contributed by atoms with Crippen LogP contribution in [0.25, 0.3) is 0 Å². The molecular formula is C13H13FN4O. The predicted octanol–water partition coefficient (Wildman–Crippen LogP) is 1.97. The summed E-state index contributed by atoms with van der Waals surface area (Å²) < 4.78 is 13.3. The Hall–Kier alpha value is -2.50. The molecule has 0 saturated heterocycles. The van der Waals surface area contributed by atoms with Gasteiger partial charge in [-0.25, -0.2) is 14.8 Å². The molecule has 0 atom stereocenters. The van der Waals surface area contributed by atoms with E-state index in [1.54, 1.807) is 32.0 Å². The number of hydrogen-bond acceptors (Lipinski definition) is 4. The Bertz CT molecular complexity index is 679. The first-order valence-electron chi connectivity index (χ1n) is 5.69. The third-order valence-corrected chi connectivity index (χ3v) is 2.67. The molecule has 6 heteroatoms. The molecule has 2 rings (SSSR count). The summed E-state index contributed by atoms with van der Waals surface area (Å²) in [5.41, 5.74) is 3.86. The van der Waals surface area contributed by atoms with Gasteiger partial charge in [-0.05, 0) is 19.9 Å². The van der Waals surface area contributed by atoms with E-state index in [2.05, 4.69) is 20.5 Å². The van der Waals surface area contributed by atoms with Crippen molar-refractivity contribution in [2.45, 2.75) is 13.8 Å². The highest BCUT2D eigenvalue weighted by Crippen LogP contribution is 2.04. The number of hydrogen-bond donors (Lipinski definition) is 2. The fourth-order valence-corrected chi connectivity index (χ4v) is 1.44. The summed E-state index contributed by atoms with van der Waals surface area (Å²) in [6.45, 7) is 3.42. The molecule has 1 aromatic carbocycles. The minimum Gasteiger partial charge on any atom is -0.291 e. The zero-order chi connectivity index (χ0) is 13.8. The third-order valence-electron chi connectivity index (χ3n) is 2.67. The van der Waals surface area contributed by atoms with Crippen molar-refractivity contribution in [1.29, 1.82) is 0 Å². The fraction of sp³-hybridized carbons (Fsp3) is 0.154. The molecule has 0 bridgehead atoms. The van der Waals surface area contributed by atoms with E-state index in [9.17, 15) is 9.18 Å². The highest BCUT2D eigenvalue weighted by atomic mass is 19.1. The van der Waals surface area contributed by atoms with Crippen molar-refractivity contribution in [3.05, 3.63) is 57.3 Å². The Labute approximate surface area is 109 Å².